The van der Waals surface area contributed by atoms with E-state index >= 15 is 0 Å². The third kappa shape index (κ3) is 8.23. The van der Waals surface area contributed by atoms with E-state index in [0.29, 0.717) is 54.4 Å². The van der Waals surface area contributed by atoms with Gasteiger partial charge in [0.15, 0.2) is 0 Å². The highest BCUT2D eigenvalue weighted by molar-refractivity contribution is 6.48. The number of hydrogen-bond donors (Lipinski definition) is 3. The van der Waals surface area contributed by atoms with Crippen LogP contribution in [0.3, 0.4) is 0 Å². The molecule has 1 heterocycles. The zero-order valence-corrected chi connectivity index (χ0v) is 31.1. The normalized spacial score (nSPS) is 31.1. The average molecular weight is 685 g/mol. The van der Waals surface area contributed by atoms with Crippen LogP contribution in [0.4, 0.5) is 4.79 Å². The highest BCUT2D eigenvalue weighted by Crippen LogP contribution is 2.65. The lowest BCUT2D eigenvalue weighted by molar-refractivity contribution is -0.199. The standard InChI is InChI=1S/C37H57BN2O9/c1-33(2,3)46-31(42)25-13-11-12-22(30(25)45-10)18-28(38-48-27-20-23-19-26(35(23,7)8)36(27,9)49-38)40-29(41)21-37(44)16-14-24(15-17-37)39-32(43)47-34(4,5)6/h11-13,23-24,26-28,44H,14-21H2,1-10H3,(H,39,43)(H,40,41). The van der Waals surface area contributed by atoms with Gasteiger partial charge in [0.05, 0.1) is 36.8 Å². The van der Waals surface area contributed by atoms with Crippen LogP contribution in [0.1, 0.15) is 123 Å². The Balaban J connectivity index is 1.32. The Hall–Kier alpha value is -2.83. The summed E-state index contributed by atoms with van der Waals surface area (Å²) in [5.74, 6) is -0.196. The minimum absolute atomic E-state index is 0.0967. The van der Waals surface area contributed by atoms with Crippen molar-refractivity contribution in [2.24, 2.45) is 17.3 Å². The van der Waals surface area contributed by atoms with Crippen molar-refractivity contribution in [3.05, 3.63) is 29.3 Å². The minimum atomic E-state index is -1.22. The predicted octanol–water partition coefficient (Wildman–Crippen LogP) is 5.53. The molecule has 6 rings (SSSR count). The van der Waals surface area contributed by atoms with Crippen molar-refractivity contribution < 1.29 is 43.0 Å². The molecule has 49 heavy (non-hydrogen) atoms. The molecular weight excluding hydrogens is 627 g/mol. The molecule has 4 saturated carbocycles. The van der Waals surface area contributed by atoms with E-state index in [-0.39, 0.29) is 36.3 Å². The summed E-state index contributed by atoms with van der Waals surface area (Å²) in [6, 6.07) is 5.16. The first-order chi connectivity index (χ1) is 22.6. The van der Waals surface area contributed by atoms with Crippen LogP contribution in [0.2, 0.25) is 0 Å². The Morgan fingerprint density at radius 1 is 1.02 bits per heavy atom. The average Bonchev–Trinajstić information content (AvgIpc) is 3.33. The zero-order valence-electron chi connectivity index (χ0n) is 31.1. The monoisotopic (exact) mass is 684 g/mol. The van der Waals surface area contributed by atoms with Gasteiger partial charge in [0.25, 0.3) is 0 Å². The number of alkyl carbamates (subject to hydrolysis) is 1. The number of carbonyl (C=O) groups excluding carboxylic acids is 3. The van der Waals surface area contributed by atoms with Crippen LogP contribution in [0.15, 0.2) is 18.2 Å². The second-order valence-electron chi connectivity index (χ2n) is 17.5. The number of nitrogens with one attached hydrogen (secondary N) is 2. The first-order valence-corrected chi connectivity index (χ1v) is 17.9. The molecule has 0 radical (unpaired) electrons. The van der Waals surface area contributed by atoms with Crippen molar-refractivity contribution in [3.8, 4) is 5.75 Å². The van der Waals surface area contributed by atoms with Gasteiger partial charge in [-0.25, -0.2) is 9.59 Å². The van der Waals surface area contributed by atoms with Gasteiger partial charge in [0.1, 0.15) is 22.5 Å². The second-order valence-corrected chi connectivity index (χ2v) is 17.5. The molecule has 4 aliphatic carbocycles. The Bertz CT molecular complexity index is 1410. The van der Waals surface area contributed by atoms with Crippen LogP contribution < -0.4 is 15.4 Å². The van der Waals surface area contributed by atoms with Gasteiger partial charge >= 0.3 is 19.2 Å². The van der Waals surface area contributed by atoms with Crippen molar-refractivity contribution in [1.29, 1.82) is 0 Å². The molecule has 11 nitrogen and oxygen atoms in total. The van der Waals surface area contributed by atoms with Gasteiger partial charge in [-0.05, 0) is 122 Å². The summed E-state index contributed by atoms with van der Waals surface area (Å²) < 4.78 is 30.3. The van der Waals surface area contributed by atoms with Crippen molar-refractivity contribution in [2.45, 2.75) is 154 Å². The number of rotatable bonds is 9. The van der Waals surface area contributed by atoms with Gasteiger partial charge in [-0.3, -0.25) is 4.79 Å². The van der Waals surface area contributed by atoms with Gasteiger partial charge < -0.3 is 39.3 Å². The van der Waals surface area contributed by atoms with Crippen molar-refractivity contribution in [2.75, 3.05) is 7.11 Å². The SMILES string of the molecule is COc1c(CC(NC(=O)CC2(O)CCC(NC(=O)OC(C)(C)C)CC2)B2OC3CC4CC(C4(C)C)C3(C)O2)cccc1C(=O)OC(C)(C)C. The largest absolute Gasteiger partial charge is 0.496 e. The van der Waals surface area contributed by atoms with Crippen molar-refractivity contribution >= 4 is 25.1 Å². The number of esters is 1. The van der Waals surface area contributed by atoms with Crippen LogP contribution in [0.25, 0.3) is 0 Å². The van der Waals surface area contributed by atoms with E-state index < -0.39 is 47.5 Å². The zero-order chi connectivity index (χ0) is 36.2. The Morgan fingerprint density at radius 3 is 2.27 bits per heavy atom. The van der Waals surface area contributed by atoms with E-state index in [9.17, 15) is 19.5 Å². The smallest absolute Gasteiger partial charge is 0.482 e. The van der Waals surface area contributed by atoms with E-state index in [1.54, 1.807) is 12.1 Å². The summed E-state index contributed by atoms with van der Waals surface area (Å²) in [4.78, 5) is 39.2. The number of ether oxygens (including phenoxy) is 3. The number of methoxy groups -OCH3 is 1. The predicted molar refractivity (Wildman–Crippen MR) is 185 cm³/mol. The van der Waals surface area contributed by atoms with Gasteiger partial charge in [0, 0.05) is 6.04 Å². The molecule has 2 bridgehead atoms. The molecule has 5 aliphatic rings. The Morgan fingerprint density at radius 2 is 1.67 bits per heavy atom. The first-order valence-electron chi connectivity index (χ1n) is 17.9. The fourth-order valence-electron chi connectivity index (χ4n) is 8.51. The van der Waals surface area contributed by atoms with E-state index in [1.807, 2.05) is 47.6 Å². The molecule has 1 aromatic carbocycles. The number of amides is 2. The molecule has 1 aromatic rings. The summed E-state index contributed by atoms with van der Waals surface area (Å²) in [6.45, 7) is 17.6. The summed E-state index contributed by atoms with van der Waals surface area (Å²) in [7, 11) is 0.768. The van der Waals surface area contributed by atoms with Gasteiger partial charge in [-0.15, -0.1) is 0 Å². The minimum Gasteiger partial charge on any atom is -0.496 e. The van der Waals surface area contributed by atoms with E-state index in [4.69, 9.17) is 23.5 Å². The molecule has 5 fully saturated rings. The molecular formula is C37H57BN2O9. The highest BCUT2D eigenvalue weighted by Gasteiger charge is 2.68. The molecule has 5 atom stereocenters. The quantitative estimate of drug-likeness (QED) is 0.226. The highest BCUT2D eigenvalue weighted by atomic mass is 16.7. The number of aliphatic hydroxyl groups is 1. The molecule has 0 spiro atoms. The van der Waals surface area contributed by atoms with Crippen LogP contribution in [-0.4, -0.2) is 77.8 Å². The molecule has 1 saturated heterocycles. The molecule has 272 valence electrons. The summed E-state index contributed by atoms with van der Waals surface area (Å²) in [5.41, 5.74) is -1.88. The van der Waals surface area contributed by atoms with Crippen molar-refractivity contribution in [1.82, 2.24) is 10.6 Å². The van der Waals surface area contributed by atoms with Gasteiger partial charge in [0.2, 0.25) is 5.91 Å². The van der Waals surface area contributed by atoms with Crippen LogP contribution >= 0.6 is 0 Å². The molecule has 12 heteroatoms. The second kappa shape index (κ2) is 13.4. The summed E-state index contributed by atoms with van der Waals surface area (Å²) in [6.07, 6.45) is 3.31. The molecule has 2 amide bonds. The number of para-hydroxylation sites is 1. The number of carbonyl (C=O) groups is 3. The number of benzene rings is 1. The fraction of sp³-hybridized carbons (Fsp3) is 0.757. The molecule has 0 aromatic heterocycles. The molecule has 1 aliphatic heterocycles. The van der Waals surface area contributed by atoms with Gasteiger partial charge in [-0.1, -0.05) is 26.0 Å². The lowest BCUT2D eigenvalue weighted by Gasteiger charge is -2.64. The lowest BCUT2D eigenvalue weighted by Crippen LogP contribution is -2.65. The fourth-order valence-corrected chi connectivity index (χ4v) is 8.51. The maximum absolute atomic E-state index is 13.8. The molecule has 3 N–H and O–H groups in total. The summed E-state index contributed by atoms with van der Waals surface area (Å²) in [5, 5.41) is 17.5. The third-order valence-corrected chi connectivity index (χ3v) is 11.1. The lowest BCUT2D eigenvalue weighted by atomic mass is 9.43. The molecule has 5 unspecified atom stereocenters. The van der Waals surface area contributed by atoms with Crippen molar-refractivity contribution in [3.63, 3.8) is 0 Å². The topological polar surface area (TPSA) is 142 Å². The third-order valence-electron chi connectivity index (χ3n) is 11.1. The maximum atomic E-state index is 13.8. The first kappa shape index (κ1) is 37.4. The van der Waals surface area contributed by atoms with Crippen LogP contribution in [0, 0.1) is 17.3 Å². The van der Waals surface area contributed by atoms with Crippen LogP contribution in [0.5, 0.6) is 5.75 Å². The van der Waals surface area contributed by atoms with Crippen LogP contribution in [-0.2, 0) is 30.0 Å². The van der Waals surface area contributed by atoms with E-state index in [2.05, 4.69) is 31.4 Å². The van der Waals surface area contributed by atoms with E-state index in [0.717, 1.165) is 12.8 Å². The van der Waals surface area contributed by atoms with E-state index in [1.165, 1.54) is 7.11 Å². The van der Waals surface area contributed by atoms with Gasteiger partial charge in [-0.2, -0.15) is 0 Å². The Labute approximate surface area is 292 Å². The maximum Gasteiger partial charge on any atom is 0.482 e. The Kier molecular flexibility index (Phi) is 10.2. The summed E-state index contributed by atoms with van der Waals surface area (Å²) >= 11 is 0. The number of hydrogen-bond acceptors (Lipinski definition) is 9.